The number of halogens is 2. The van der Waals surface area contributed by atoms with E-state index in [2.05, 4.69) is 29.2 Å². The van der Waals surface area contributed by atoms with Gasteiger partial charge in [-0.25, -0.2) is 4.79 Å². The first-order chi connectivity index (χ1) is 10.2. The van der Waals surface area contributed by atoms with Gasteiger partial charge in [-0.05, 0) is 60.6 Å². The van der Waals surface area contributed by atoms with Crippen molar-refractivity contribution in [3.63, 3.8) is 0 Å². The lowest BCUT2D eigenvalue weighted by Crippen LogP contribution is -2.38. The van der Waals surface area contributed by atoms with E-state index in [9.17, 15) is 4.79 Å². The summed E-state index contributed by atoms with van der Waals surface area (Å²) >= 11 is 7.97. The number of alkyl halides is 1. The zero-order valence-electron chi connectivity index (χ0n) is 13.1. The molecule has 1 aromatic carbocycles. The lowest BCUT2D eigenvalue weighted by molar-refractivity contribution is -0.151. The maximum absolute atomic E-state index is 12.2. The normalized spacial score (nSPS) is 11.1. The van der Waals surface area contributed by atoms with E-state index in [4.69, 9.17) is 21.2 Å². The molecule has 6 heteroatoms. The summed E-state index contributed by atoms with van der Waals surface area (Å²) in [6, 6.07) is 7.81. The van der Waals surface area contributed by atoms with Crippen LogP contribution in [0.1, 0.15) is 26.3 Å². The fraction of sp³-hybridized carbons (Fsp3) is 0.438. The molecule has 1 rings (SSSR count). The molecule has 0 saturated heterocycles. The van der Waals surface area contributed by atoms with E-state index in [1.54, 1.807) is 20.8 Å². The number of hydrogen-bond acceptors (Lipinski definition) is 3. The molecule has 0 fully saturated rings. The topological polar surface area (TPSA) is 38.8 Å². The molecule has 0 aromatic heterocycles. The number of hydroxylamine groups is 2. The van der Waals surface area contributed by atoms with E-state index < -0.39 is 11.7 Å². The summed E-state index contributed by atoms with van der Waals surface area (Å²) in [4.78, 5) is 17.8. The number of amides is 1. The number of nitrogens with zero attached hydrogens (tertiary/aromatic N) is 1. The molecule has 0 aliphatic heterocycles. The van der Waals surface area contributed by atoms with Gasteiger partial charge in [-0.2, -0.15) is 5.06 Å². The van der Waals surface area contributed by atoms with Crippen molar-refractivity contribution >= 4 is 40.3 Å². The minimum Gasteiger partial charge on any atom is -0.442 e. The summed E-state index contributed by atoms with van der Waals surface area (Å²) in [6.07, 6.45) is -0.551. The predicted octanol–water partition coefficient (Wildman–Crippen LogP) is 4.75. The maximum atomic E-state index is 12.2. The summed E-state index contributed by atoms with van der Waals surface area (Å²) in [5.41, 5.74) is 1.07. The molecule has 0 atom stereocenters. The number of benzene rings is 1. The quantitative estimate of drug-likeness (QED) is 0.279. The fourth-order valence-electron chi connectivity index (χ4n) is 1.48. The average Bonchev–Trinajstić information content (AvgIpc) is 2.42. The smallest absolute Gasteiger partial charge is 0.434 e. The Morgan fingerprint density at radius 3 is 2.55 bits per heavy atom. The minimum atomic E-state index is -0.595. The molecule has 0 radical (unpaired) electrons. The number of carbonyl (C=O) groups excluding carboxylic acids is 1. The molecular formula is C16H21ClINO3. The molecule has 0 saturated carbocycles. The standard InChI is InChI=1S/C16H21ClINO3/c1-12(9-17)10-19(15(20)22-16(2,3)4)21-11-13-7-5-6-8-14(13)18/h5-8H,1,9-11H2,2-4H3. The van der Waals surface area contributed by atoms with Crippen molar-refractivity contribution < 1.29 is 14.4 Å². The summed E-state index contributed by atoms with van der Waals surface area (Å²) in [6.45, 7) is 9.68. The van der Waals surface area contributed by atoms with Crippen LogP contribution in [0.3, 0.4) is 0 Å². The zero-order chi connectivity index (χ0) is 16.8. The van der Waals surface area contributed by atoms with Crippen molar-refractivity contribution in [2.75, 3.05) is 12.4 Å². The van der Waals surface area contributed by atoms with E-state index in [-0.39, 0.29) is 19.0 Å². The van der Waals surface area contributed by atoms with Crippen molar-refractivity contribution in [2.45, 2.75) is 33.0 Å². The van der Waals surface area contributed by atoms with E-state index in [0.717, 1.165) is 9.13 Å². The van der Waals surface area contributed by atoms with Gasteiger partial charge in [0.2, 0.25) is 0 Å². The average molecular weight is 438 g/mol. The molecule has 0 aliphatic carbocycles. The molecule has 0 unspecified atom stereocenters. The molecule has 4 nitrogen and oxygen atoms in total. The highest BCUT2D eigenvalue weighted by Crippen LogP contribution is 2.16. The second-order valence-corrected chi connectivity index (χ2v) is 7.19. The van der Waals surface area contributed by atoms with Crippen LogP contribution >= 0.6 is 34.2 Å². The Morgan fingerprint density at radius 2 is 2.00 bits per heavy atom. The highest BCUT2D eigenvalue weighted by atomic mass is 127. The van der Waals surface area contributed by atoms with Gasteiger partial charge < -0.3 is 4.74 Å². The van der Waals surface area contributed by atoms with Gasteiger partial charge in [-0.1, -0.05) is 24.8 Å². The van der Waals surface area contributed by atoms with Crippen LogP contribution in [0.4, 0.5) is 4.79 Å². The van der Waals surface area contributed by atoms with Gasteiger partial charge in [0, 0.05) is 9.45 Å². The predicted molar refractivity (Wildman–Crippen MR) is 96.7 cm³/mol. The highest BCUT2D eigenvalue weighted by Gasteiger charge is 2.23. The van der Waals surface area contributed by atoms with E-state index in [1.165, 1.54) is 5.06 Å². The highest BCUT2D eigenvalue weighted by molar-refractivity contribution is 14.1. The second-order valence-electron chi connectivity index (χ2n) is 5.77. The van der Waals surface area contributed by atoms with Crippen molar-refractivity contribution in [3.05, 3.63) is 45.6 Å². The third-order valence-electron chi connectivity index (χ3n) is 2.49. The van der Waals surface area contributed by atoms with Crippen LogP contribution in [0.25, 0.3) is 0 Å². The third kappa shape index (κ3) is 6.98. The summed E-state index contributed by atoms with van der Waals surface area (Å²) in [7, 11) is 0. The second kappa shape index (κ2) is 8.74. The molecule has 0 N–H and O–H groups in total. The summed E-state index contributed by atoms with van der Waals surface area (Å²) < 4.78 is 6.41. The van der Waals surface area contributed by atoms with Crippen molar-refractivity contribution in [2.24, 2.45) is 0 Å². The lowest BCUT2D eigenvalue weighted by Gasteiger charge is -2.27. The Balaban J connectivity index is 2.75. The van der Waals surface area contributed by atoms with Gasteiger partial charge in [-0.3, -0.25) is 4.84 Å². The molecule has 122 valence electrons. The van der Waals surface area contributed by atoms with Gasteiger partial charge in [0.25, 0.3) is 0 Å². The first kappa shape index (κ1) is 19.3. The Kier molecular flexibility index (Phi) is 7.65. The van der Waals surface area contributed by atoms with Crippen LogP contribution in [0.5, 0.6) is 0 Å². The van der Waals surface area contributed by atoms with E-state index in [1.807, 2.05) is 24.3 Å². The molecular weight excluding hydrogens is 417 g/mol. The largest absolute Gasteiger partial charge is 0.442 e. The van der Waals surface area contributed by atoms with Crippen LogP contribution in [-0.4, -0.2) is 29.2 Å². The van der Waals surface area contributed by atoms with Gasteiger partial charge >= 0.3 is 6.09 Å². The van der Waals surface area contributed by atoms with Crippen molar-refractivity contribution in [1.29, 1.82) is 0 Å². The van der Waals surface area contributed by atoms with E-state index >= 15 is 0 Å². The fourth-order valence-corrected chi connectivity index (χ4v) is 2.11. The van der Waals surface area contributed by atoms with Crippen LogP contribution in [0.2, 0.25) is 0 Å². The van der Waals surface area contributed by atoms with Crippen molar-refractivity contribution in [3.8, 4) is 0 Å². The minimum absolute atomic E-state index is 0.196. The molecule has 0 spiro atoms. The SMILES string of the molecule is C=C(CCl)CN(OCc1ccccc1I)C(=O)OC(C)(C)C. The van der Waals surface area contributed by atoms with Crippen LogP contribution < -0.4 is 0 Å². The number of carbonyl (C=O) groups is 1. The molecule has 22 heavy (non-hydrogen) atoms. The molecule has 0 aliphatic rings. The maximum Gasteiger partial charge on any atom is 0.434 e. The Labute approximate surface area is 150 Å². The number of hydrogen-bond donors (Lipinski definition) is 0. The Morgan fingerprint density at radius 1 is 1.36 bits per heavy atom. The number of rotatable bonds is 6. The lowest BCUT2D eigenvalue weighted by atomic mass is 10.2. The van der Waals surface area contributed by atoms with Crippen molar-refractivity contribution in [1.82, 2.24) is 5.06 Å². The zero-order valence-corrected chi connectivity index (χ0v) is 16.0. The van der Waals surface area contributed by atoms with Gasteiger partial charge in [0.1, 0.15) is 12.2 Å². The summed E-state index contributed by atoms with van der Waals surface area (Å²) in [5.74, 6) is 0.255. The van der Waals surface area contributed by atoms with Gasteiger partial charge in [-0.15, -0.1) is 11.6 Å². The van der Waals surface area contributed by atoms with Gasteiger partial charge in [0.05, 0.1) is 6.54 Å². The Hall–Kier alpha value is -0.790. The molecule has 1 aromatic rings. The van der Waals surface area contributed by atoms with Crippen LogP contribution in [-0.2, 0) is 16.2 Å². The van der Waals surface area contributed by atoms with Crippen LogP contribution in [0, 0.1) is 3.57 Å². The molecule has 1 amide bonds. The molecule has 0 heterocycles. The molecule has 0 bridgehead atoms. The van der Waals surface area contributed by atoms with E-state index in [0.29, 0.717) is 5.57 Å². The first-order valence-corrected chi connectivity index (χ1v) is 8.43. The number of ether oxygens (including phenoxy) is 1. The summed E-state index contributed by atoms with van der Waals surface area (Å²) in [5, 5.41) is 1.17. The Bertz CT molecular complexity index is 528. The monoisotopic (exact) mass is 437 g/mol. The third-order valence-corrected chi connectivity index (χ3v) is 3.92. The first-order valence-electron chi connectivity index (χ1n) is 6.82. The van der Waals surface area contributed by atoms with Crippen LogP contribution in [0.15, 0.2) is 36.4 Å². The van der Waals surface area contributed by atoms with Gasteiger partial charge in [0.15, 0.2) is 0 Å².